The minimum absolute atomic E-state index is 0.373. The Hall–Kier alpha value is -1.42. The lowest BCUT2D eigenvalue weighted by Crippen LogP contribution is -2.17. The second-order valence-corrected chi connectivity index (χ2v) is 2.78. The van der Waals surface area contributed by atoms with Crippen LogP contribution >= 0.6 is 0 Å². The largest absolute Gasteiger partial charge is 0.386 e. The van der Waals surface area contributed by atoms with Gasteiger partial charge in [0.15, 0.2) is 0 Å². The van der Waals surface area contributed by atoms with Crippen molar-refractivity contribution in [3.8, 4) is 0 Å². The first-order valence-corrected chi connectivity index (χ1v) is 3.62. The minimum atomic E-state index is -0.659. The molecule has 1 aliphatic heterocycles. The van der Waals surface area contributed by atoms with Crippen LogP contribution in [0.15, 0.2) is 23.4 Å². The van der Waals surface area contributed by atoms with Crippen LogP contribution in [0.5, 0.6) is 0 Å². The Balaban J connectivity index is 2.44. The number of aliphatic hydroxyl groups is 1. The second kappa shape index (κ2) is 2.28. The van der Waals surface area contributed by atoms with Crippen LogP contribution < -0.4 is 5.32 Å². The summed E-state index contributed by atoms with van der Waals surface area (Å²) < 4.78 is 0. The Labute approximate surface area is 68.6 Å². The molecule has 1 saturated heterocycles. The van der Waals surface area contributed by atoms with Crippen LogP contribution in [-0.4, -0.2) is 29.3 Å². The van der Waals surface area contributed by atoms with Crippen LogP contribution in [0.3, 0.4) is 0 Å². The van der Waals surface area contributed by atoms with Crippen molar-refractivity contribution in [2.24, 2.45) is 0 Å². The number of carbonyl (C=O) groups is 2. The molecule has 0 aromatic heterocycles. The molecule has 1 aliphatic carbocycles. The molecule has 2 aliphatic rings. The molecule has 1 atom stereocenters. The van der Waals surface area contributed by atoms with Crippen molar-refractivity contribution < 1.29 is 14.7 Å². The second-order valence-electron chi connectivity index (χ2n) is 2.78. The van der Waals surface area contributed by atoms with E-state index in [9.17, 15) is 14.7 Å². The number of hydrogen-bond donors (Lipinski definition) is 2. The molecule has 0 saturated carbocycles. The van der Waals surface area contributed by atoms with E-state index in [0.29, 0.717) is 17.8 Å². The smallest absolute Gasteiger partial charge is 0.227 e. The Morgan fingerprint density at radius 1 is 1.33 bits per heavy atom. The highest BCUT2D eigenvalue weighted by Gasteiger charge is 2.29. The third-order valence-electron chi connectivity index (χ3n) is 1.96. The third-order valence-corrected chi connectivity index (χ3v) is 1.96. The molecule has 0 radical (unpaired) electrons. The molecule has 62 valence electrons. The van der Waals surface area contributed by atoms with Gasteiger partial charge >= 0.3 is 0 Å². The highest BCUT2D eigenvalue weighted by Crippen LogP contribution is 2.21. The lowest BCUT2D eigenvalue weighted by Gasteiger charge is -2.06. The van der Waals surface area contributed by atoms with Crippen LogP contribution in [0.1, 0.15) is 0 Å². The summed E-state index contributed by atoms with van der Waals surface area (Å²) in [5.74, 6) is -1.09. The lowest BCUT2D eigenvalue weighted by molar-refractivity contribution is -0.131. The number of nitrogens with one attached hydrogen (secondary N) is 1. The monoisotopic (exact) mass is 165 g/mol. The van der Waals surface area contributed by atoms with E-state index in [-0.39, 0.29) is 0 Å². The van der Waals surface area contributed by atoms with Gasteiger partial charge in [0.1, 0.15) is 0 Å². The van der Waals surface area contributed by atoms with Crippen molar-refractivity contribution in [1.82, 2.24) is 5.32 Å². The van der Waals surface area contributed by atoms with E-state index in [0.717, 1.165) is 0 Å². The van der Waals surface area contributed by atoms with E-state index in [4.69, 9.17) is 0 Å². The van der Waals surface area contributed by atoms with Crippen molar-refractivity contribution in [2.45, 2.75) is 6.10 Å². The Kier molecular flexibility index (Phi) is 1.38. The van der Waals surface area contributed by atoms with Gasteiger partial charge in [-0.2, -0.15) is 0 Å². The zero-order valence-electron chi connectivity index (χ0n) is 6.20. The number of β-amino-alcohol motifs (C(OH)–C–C–N with tert-alkyl or cyclic N) is 1. The standard InChI is InChI=1S/C8H7NO3/c10-6-1-4-5(2-7(6)11)9-3-8(4)12/h1-2,8-9,12H,3H2/t8-/m1/s1. The molecule has 2 rings (SSSR count). The maximum absolute atomic E-state index is 10.9. The van der Waals surface area contributed by atoms with Crippen molar-refractivity contribution in [3.05, 3.63) is 23.4 Å². The van der Waals surface area contributed by atoms with Gasteiger partial charge in [-0.15, -0.1) is 0 Å². The van der Waals surface area contributed by atoms with E-state index < -0.39 is 17.7 Å². The summed E-state index contributed by atoms with van der Waals surface area (Å²) in [4.78, 5) is 21.7. The Morgan fingerprint density at radius 3 is 2.75 bits per heavy atom. The predicted molar refractivity (Wildman–Crippen MR) is 40.2 cm³/mol. The number of hydrogen-bond acceptors (Lipinski definition) is 4. The van der Waals surface area contributed by atoms with Gasteiger partial charge in [-0.05, 0) is 6.08 Å². The molecular weight excluding hydrogens is 158 g/mol. The lowest BCUT2D eigenvalue weighted by atomic mass is 10.0. The van der Waals surface area contributed by atoms with Crippen molar-refractivity contribution >= 4 is 11.6 Å². The molecule has 1 fully saturated rings. The molecule has 0 unspecified atom stereocenters. The van der Waals surface area contributed by atoms with Crippen molar-refractivity contribution in [1.29, 1.82) is 0 Å². The molecule has 2 N–H and O–H groups in total. The van der Waals surface area contributed by atoms with Gasteiger partial charge in [0.2, 0.25) is 11.6 Å². The van der Waals surface area contributed by atoms with Gasteiger partial charge in [0, 0.05) is 23.9 Å². The molecule has 0 aromatic rings. The fourth-order valence-corrected chi connectivity index (χ4v) is 1.32. The summed E-state index contributed by atoms with van der Waals surface area (Å²) in [6.07, 6.45) is 1.77. The summed E-state index contributed by atoms with van der Waals surface area (Å²) in [5, 5.41) is 12.1. The first-order chi connectivity index (χ1) is 5.68. The summed E-state index contributed by atoms with van der Waals surface area (Å²) in [6, 6.07) is 0. The van der Waals surface area contributed by atoms with E-state index in [1.165, 1.54) is 12.2 Å². The first kappa shape index (κ1) is 7.24. The Bertz CT molecular complexity index is 327. The molecule has 1 heterocycles. The molecular formula is C8H7NO3. The van der Waals surface area contributed by atoms with E-state index >= 15 is 0 Å². The highest BCUT2D eigenvalue weighted by molar-refractivity contribution is 6.46. The number of carbonyl (C=O) groups excluding carboxylic acids is 2. The third kappa shape index (κ3) is 0.887. The zero-order valence-corrected chi connectivity index (χ0v) is 6.20. The van der Waals surface area contributed by atoms with Gasteiger partial charge < -0.3 is 10.4 Å². The van der Waals surface area contributed by atoms with Crippen LogP contribution in [-0.2, 0) is 9.59 Å². The predicted octanol–water partition coefficient (Wildman–Crippen LogP) is -1.09. The molecule has 0 aromatic carbocycles. The number of aliphatic hydroxyl groups excluding tert-OH is 1. The average molecular weight is 165 g/mol. The normalized spacial score (nSPS) is 27.6. The maximum Gasteiger partial charge on any atom is 0.227 e. The van der Waals surface area contributed by atoms with Crippen LogP contribution in [0.2, 0.25) is 0 Å². The van der Waals surface area contributed by atoms with Gasteiger partial charge in [0.05, 0.1) is 6.10 Å². The minimum Gasteiger partial charge on any atom is -0.386 e. The highest BCUT2D eigenvalue weighted by atomic mass is 16.3. The molecule has 0 spiro atoms. The topological polar surface area (TPSA) is 66.4 Å². The number of allylic oxidation sites excluding steroid dienone is 2. The van der Waals surface area contributed by atoms with Gasteiger partial charge in [-0.1, -0.05) is 0 Å². The van der Waals surface area contributed by atoms with Gasteiger partial charge in [0.25, 0.3) is 0 Å². The van der Waals surface area contributed by atoms with E-state index in [2.05, 4.69) is 5.32 Å². The van der Waals surface area contributed by atoms with Crippen LogP contribution in [0.25, 0.3) is 0 Å². The summed E-state index contributed by atoms with van der Waals surface area (Å²) in [7, 11) is 0. The Morgan fingerprint density at radius 2 is 2.00 bits per heavy atom. The van der Waals surface area contributed by atoms with E-state index in [1.807, 2.05) is 0 Å². The SMILES string of the molecule is O=C1C=C2NC[C@@H](O)C2=CC1=O. The summed E-state index contributed by atoms with van der Waals surface area (Å²) >= 11 is 0. The number of ketones is 2. The summed E-state index contributed by atoms with van der Waals surface area (Å²) in [6.45, 7) is 0.373. The zero-order chi connectivity index (χ0) is 8.72. The van der Waals surface area contributed by atoms with Crippen molar-refractivity contribution in [3.63, 3.8) is 0 Å². The van der Waals surface area contributed by atoms with Crippen LogP contribution in [0, 0.1) is 0 Å². The molecule has 0 bridgehead atoms. The van der Waals surface area contributed by atoms with Gasteiger partial charge in [-0.3, -0.25) is 9.59 Å². The number of fused-ring (bicyclic) bond motifs is 1. The quantitative estimate of drug-likeness (QED) is 0.353. The maximum atomic E-state index is 10.9. The summed E-state index contributed by atoms with van der Waals surface area (Å²) in [5.41, 5.74) is 1.10. The molecule has 12 heavy (non-hydrogen) atoms. The molecule has 4 heteroatoms. The van der Waals surface area contributed by atoms with Gasteiger partial charge in [-0.25, -0.2) is 0 Å². The van der Waals surface area contributed by atoms with Crippen molar-refractivity contribution in [2.75, 3.05) is 6.54 Å². The first-order valence-electron chi connectivity index (χ1n) is 3.62. The number of rotatable bonds is 0. The molecule has 0 amide bonds. The molecule has 4 nitrogen and oxygen atoms in total. The average Bonchev–Trinajstić information content (AvgIpc) is 2.35. The van der Waals surface area contributed by atoms with E-state index in [1.54, 1.807) is 0 Å². The fraction of sp³-hybridized carbons (Fsp3) is 0.250. The van der Waals surface area contributed by atoms with Crippen LogP contribution in [0.4, 0.5) is 0 Å². The fourth-order valence-electron chi connectivity index (χ4n) is 1.32.